The van der Waals surface area contributed by atoms with Crippen molar-refractivity contribution in [3.05, 3.63) is 18.2 Å². The van der Waals surface area contributed by atoms with Crippen molar-refractivity contribution in [1.82, 2.24) is 10.2 Å². The topological polar surface area (TPSA) is 105 Å². The van der Waals surface area contributed by atoms with Crippen molar-refractivity contribution in [2.75, 3.05) is 24.7 Å². The summed E-state index contributed by atoms with van der Waals surface area (Å²) in [6.45, 7) is 4.42. The number of carbonyl (C=O) groups is 4. The molecule has 0 radical (unpaired) electrons. The number of ether oxygens (including phenoxy) is 2. The summed E-state index contributed by atoms with van der Waals surface area (Å²) in [5, 5.41) is 3.17. The molecule has 4 saturated carbocycles. The van der Waals surface area contributed by atoms with E-state index < -0.39 is 24.4 Å². The van der Waals surface area contributed by atoms with Gasteiger partial charge in [-0.25, -0.2) is 14.6 Å². The first kappa shape index (κ1) is 24.6. The van der Waals surface area contributed by atoms with E-state index in [1.54, 1.807) is 12.1 Å². The second kappa shape index (κ2) is 9.75. The highest BCUT2D eigenvalue weighted by Gasteiger charge is 2.52. The highest BCUT2D eigenvalue weighted by molar-refractivity contribution is 6.53. The summed E-state index contributed by atoms with van der Waals surface area (Å²) in [7, 11) is 0. The van der Waals surface area contributed by atoms with Crippen LogP contribution in [0.3, 0.4) is 0 Å². The lowest BCUT2D eigenvalue weighted by Crippen LogP contribution is -2.61. The van der Waals surface area contributed by atoms with Gasteiger partial charge in [0.2, 0.25) is 5.91 Å². The number of amides is 5. The molecule has 1 aliphatic heterocycles. The van der Waals surface area contributed by atoms with Crippen molar-refractivity contribution >= 4 is 29.4 Å². The van der Waals surface area contributed by atoms with Crippen molar-refractivity contribution < 1.29 is 28.7 Å². The van der Waals surface area contributed by atoms with Gasteiger partial charge in [-0.2, -0.15) is 0 Å². The third-order valence-corrected chi connectivity index (χ3v) is 7.91. The number of anilines is 1. The van der Waals surface area contributed by atoms with Crippen LogP contribution in [0, 0.1) is 17.8 Å². The smallest absolute Gasteiger partial charge is 0.339 e. The van der Waals surface area contributed by atoms with Gasteiger partial charge in [-0.15, -0.1) is 0 Å². The molecule has 9 heteroatoms. The highest BCUT2D eigenvalue weighted by atomic mass is 16.5. The van der Waals surface area contributed by atoms with Crippen LogP contribution < -0.4 is 19.7 Å². The van der Waals surface area contributed by atoms with Gasteiger partial charge in [-0.05, 0) is 81.3 Å². The fourth-order valence-electron chi connectivity index (χ4n) is 6.91. The molecule has 1 heterocycles. The van der Waals surface area contributed by atoms with Crippen LogP contribution in [-0.2, 0) is 14.4 Å². The predicted molar refractivity (Wildman–Crippen MR) is 132 cm³/mol. The van der Waals surface area contributed by atoms with Crippen LogP contribution in [0.2, 0.25) is 0 Å². The molecule has 5 amide bonds. The molecule has 0 spiro atoms. The molecular weight excluding hydrogens is 462 g/mol. The largest absolute Gasteiger partial charge is 0.490 e. The molecule has 5 fully saturated rings. The van der Waals surface area contributed by atoms with Crippen molar-refractivity contribution in [2.24, 2.45) is 17.8 Å². The number of nitrogens with one attached hydrogen (secondary N) is 1. The van der Waals surface area contributed by atoms with Crippen molar-refractivity contribution in [3.63, 3.8) is 0 Å². The molecule has 194 valence electrons. The number of urea groups is 1. The Labute approximate surface area is 211 Å². The van der Waals surface area contributed by atoms with E-state index >= 15 is 0 Å². The van der Waals surface area contributed by atoms with Gasteiger partial charge in [0.15, 0.2) is 11.5 Å². The molecule has 1 aromatic carbocycles. The first-order chi connectivity index (χ1) is 17.3. The van der Waals surface area contributed by atoms with E-state index in [-0.39, 0.29) is 17.1 Å². The van der Waals surface area contributed by atoms with Gasteiger partial charge in [0.25, 0.3) is 0 Å². The lowest BCUT2D eigenvalue weighted by Gasteiger charge is -2.56. The molecule has 1 aromatic rings. The van der Waals surface area contributed by atoms with E-state index in [1.165, 1.54) is 25.3 Å². The molecule has 9 nitrogen and oxygen atoms in total. The van der Waals surface area contributed by atoms with Crippen molar-refractivity contribution in [2.45, 2.75) is 70.8 Å². The first-order valence-electron chi connectivity index (χ1n) is 13.2. The number of rotatable bonds is 10. The average Bonchev–Trinajstić information content (AvgIpc) is 3.03. The Morgan fingerprint density at radius 1 is 0.917 bits per heavy atom. The van der Waals surface area contributed by atoms with Crippen LogP contribution in [0.25, 0.3) is 0 Å². The molecule has 6 rings (SSSR count). The zero-order chi connectivity index (χ0) is 25.4. The lowest BCUT2D eigenvalue weighted by molar-refractivity contribution is -0.141. The molecule has 4 bridgehead atoms. The number of hydrogen-bond donors (Lipinski definition) is 1. The summed E-state index contributed by atoms with van der Waals surface area (Å²) in [4.78, 5) is 53.3. The summed E-state index contributed by atoms with van der Waals surface area (Å²) in [5.41, 5.74) is -0.0291. The molecule has 1 N–H and O–H groups in total. The summed E-state index contributed by atoms with van der Waals surface area (Å²) in [6.07, 6.45) is 8.20. The molecule has 0 aromatic heterocycles. The molecule has 4 aliphatic carbocycles. The van der Waals surface area contributed by atoms with Crippen LogP contribution in [-0.4, -0.2) is 54.0 Å². The molecule has 0 unspecified atom stereocenters. The number of nitrogens with zero attached hydrogens (tertiary/aromatic N) is 2. The number of imide groups is 2. The maximum atomic E-state index is 13.2. The minimum absolute atomic E-state index is 0.206. The van der Waals surface area contributed by atoms with E-state index in [2.05, 4.69) is 5.32 Å². The summed E-state index contributed by atoms with van der Waals surface area (Å²) in [6, 6.07) is 3.88. The van der Waals surface area contributed by atoms with Crippen LogP contribution in [0.1, 0.15) is 65.2 Å². The predicted octanol–water partition coefficient (Wildman–Crippen LogP) is 3.64. The summed E-state index contributed by atoms with van der Waals surface area (Å²) in [5.74, 6) is 0.490. The van der Waals surface area contributed by atoms with E-state index in [0.717, 1.165) is 41.9 Å². The lowest BCUT2D eigenvalue weighted by atomic mass is 9.53. The van der Waals surface area contributed by atoms with Crippen LogP contribution in [0.15, 0.2) is 18.2 Å². The Bertz CT molecular complexity index is 1030. The minimum atomic E-state index is -0.997. The molecule has 5 aliphatic rings. The number of carbonyl (C=O) groups excluding carboxylic acids is 4. The van der Waals surface area contributed by atoms with Gasteiger partial charge in [0.1, 0.15) is 6.54 Å². The van der Waals surface area contributed by atoms with Crippen molar-refractivity contribution in [1.29, 1.82) is 0 Å². The Hall–Kier alpha value is -3.10. The quantitative estimate of drug-likeness (QED) is 0.391. The van der Waals surface area contributed by atoms with E-state index in [0.29, 0.717) is 42.5 Å². The summed E-state index contributed by atoms with van der Waals surface area (Å²) >= 11 is 0. The van der Waals surface area contributed by atoms with E-state index in [9.17, 15) is 19.2 Å². The van der Waals surface area contributed by atoms with Crippen molar-refractivity contribution in [3.8, 4) is 11.5 Å². The van der Waals surface area contributed by atoms with Gasteiger partial charge in [0.05, 0.1) is 18.9 Å². The van der Waals surface area contributed by atoms with Crippen LogP contribution >= 0.6 is 0 Å². The monoisotopic (exact) mass is 497 g/mol. The average molecular weight is 498 g/mol. The second-order valence-electron chi connectivity index (χ2n) is 10.9. The molecule has 1 saturated heterocycles. The van der Waals surface area contributed by atoms with Gasteiger partial charge >= 0.3 is 17.8 Å². The zero-order valence-corrected chi connectivity index (χ0v) is 21.1. The third kappa shape index (κ3) is 4.55. The molecule has 0 atom stereocenters. The Morgan fingerprint density at radius 2 is 1.50 bits per heavy atom. The minimum Gasteiger partial charge on any atom is -0.490 e. The Kier molecular flexibility index (Phi) is 6.66. The third-order valence-electron chi connectivity index (χ3n) is 7.91. The molecular formula is C27H35N3O6. The standard InChI is InChI=1S/C27H35N3O6/c1-3-7-35-21-6-5-20(12-22(21)36-8-4-2)30-25(33)24(32)29(26(30)34)16-23(31)28-27-13-17-9-18(14-27)11-19(10-17)15-27/h5-6,12,17-19H,3-4,7-11,13-16H2,1-2H3,(H,28,31). The van der Waals surface area contributed by atoms with E-state index in [1.807, 2.05) is 13.8 Å². The van der Waals surface area contributed by atoms with Crippen LogP contribution in [0.5, 0.6) is 11.5 Å². The van der Waals surface area contributed by atoms with E-state index in [4.69, 9.17) is 9.47 Å². The highest BCUT2D eigenvalue weighted by Crippen LogP contribution is 2.55. The van der Waals surface area contributed by atoms with Gasteiger partial charge < -0.3 is 14.8 Å². The zero-order valence-electron chi connectivity index (χ0n) is 21.1. The SMILES string of the molecule is CCCOc1ccc(N2C(=O)C(=O)N(CC(=O)NC34CC5CC(CC(C5)C3)C4)C2=O)cc1OCCC. The molecule has 36 heavy (non-hydrogen) atoms. The fourth-order valence-corrected chi connectivity index (χ4v) is 6.91. The summed E-state index contributed by atoms with van der Waals surface area (Å²) < 4.78 is 11.5. The maximum absolute atomic E-state index is 13.2. The fraction of sp³-hybridized carbons (Fsp3) is 0.630. The second-order valence-corrected chi connectivity index (χ2v) is 10.9. The Balaban J connectivity index is 1.29. The first-order valence-corrected chi connectivity index (χ1v) is 13.2. The van der Waals surface area contributed by atoms with Gasteiger partial charge in [-0.3, -0.25) is 14.4 Å². The van der Waals surface area contributed by atoms with Gasteiger partial charge in [-0.1, -0.05) is 13.8 Å². The Morgan fingerprint density at radius 3 is 2.08 bits per heavy atom. The van der Waals surface area contributed by atoms with Crippen LogP contribution in [0.4, 0.5) is 10.5 Å². The number of hydrogen-bond acceptors (Lipinski definition) is 6. The maximum Gasteiger partial charge on any atom is 0.339 e. The number of benzene rings is 1. The normalized spacial score (nSPS) is 28.7. The van der Waals surface area contributed by atoms with Gasteiger partial charge in [0, 0.05) is 11.6 Å².